The lowest BCUT2D eigenvalue weighted by Gasteiger charge is -2.30. The van der Waals surface area contributed by atoms with Crippen molar-refractivity contribution in [2.45, 2.75) is 252 Å². The van der Waals surface area contributed by atoms with Gasteiger partial charge < -0.3 is 5.11 Å². The van der Waals surface area contributed by atoms with E-state index in [9.17, 15) is 9.90 Å². The Morgan fingerprint density at radius 3 is 0.698 bits per heavy atom. The molecule has 2 nitrogen and oxygen atoms in total. The molecule has 0 aliphatic heterocycles. The molecule has 0 amide bonds. The second-order valence-corrected chi connectivity index (χ2v) is 14.4. The third kappa shape index (κ3) is 28.7. The molecule has 1 unspecified atom stereocenters. The Morgan fingerprint density at radius 1 is 0.326 bits per heavy atom. The van der Waals surface area contributed by atoms with Gasteiger partial charge in [-0.1, -0.05) is 233 Å². The van der Waals surface area contributed by atoms with Crippen molar-refractivity contribution in [2.75, 3.05) is 0 Å². The van der Waals surface area contributed by atoms with Crippen molar-refractivity contribution < 1.29 is 9.90 Å². The van der Waals surface area contributed by atoms with Gasteiger partial charge in [0.2, 0.25) is 0 Å². The lowest BCUT2D eigenvalue weighted by Crippen LogP contribution is -2.31. The van der Waals surface area contributed by atoms with Crippen LogP contribution in [-0.4, -0.2) is 11.1 Å². The van der Waals surface area contributed by atoms with Crippen LogP contribution in [0.3, 0.4) is 0 Å². The Labute approximate surface area is 272 Å². The van der Waals surface area contributed by atoms with Gasteiger partial charge >= 0.3 is 5.97 Å². The highest BCUT2D eigenvalue weighted by Gasteiger charge is 2.36. The minimum absolute atomic E-state index is 0.456. The second kappa shape index (κ2) is 34.3. The number of carboxylic acid groups (broad SMARTS) is 1. The predicted octanol–water partition coefficient (Wildman–Crippen LogP) is 15.2. The minimum Gasteiger partial charge on any atom is -0.481 e. The lowest BCUT2D eigenvalue weighted by molar-refractivity contribution is -0.150. The third-order valence-corrected chi connectivity index (χ3v) is 10.2. The maximum atomic E-state index is 12.6. The van der Waals surface area contributed by atoms with E-state index in [-0.39, 0.29) is 0 Å². The third-order valence-electron chi connectivity index (χ3n) is 10.2. The van der Waals surface area contributed by atoms with Crippen molar-refractivity contribution in [2.24, 2.45) is 5.41 Å². The molecule has 0 heterocycles. The lowest BCUT2D eigenvalue weighted by atomic mass is 9.74. The van der Waals surface area contributed by atoms with Gasteiger partial charge in [-0.25, -0.2) is 0 Å². The van der Waals surface area contributed by atoms with Crippen molar-refractivity contribution in [3.8, 4) is 0 Å². The van der Waals surface area contributed by atoms with Gasteiger partial charge in [0.05, 0.1) is 5.41 Å². The molecule has 0 bridgehead atoms. The molecule has 0 aliphatic rings. The van der Waals surface area contributed by atoms with E-state index in [4.69, 9.17) is 0 Å². The van der Waals surface area contributed by atoms with Crippen molar-refractivity contribution in [1.82, 2.24) is 0 Å². The average molecular weight is 607 g/mol. The fourth-order valence-electron chi connectivity index (χ4n) is 7.08. The fraction of sp³-hybridized carbons (Fsp3) is 0.976. The molecule has 0 aromatic rings. The van der Waals surface area contributed by atoms with Crippen LogP contribution in [0.2, 0.25) is 0 Å². The van der Waals surface area contributed by atoms with E-state index in [1.54, 1.807) is 0 Å². The van der Waals surface area contributed by atoms with Crippen LogP contribution in [0.1, 0.15) is 252 Å². The Hall–Kier alpha value is -0.530. The topological polar surface area (TPSA) is 37.3 Å². The molecular formula is C41H82O2. The number of aliphatic carboxylic acids is 1. The van der Waals surface area contributed by atoms with Crippen LogP contribution in [0.15, 0.2) is 0 Å². The number of rotatable bonds is 37. The SMILES string of the molecule is CCCCCCCCCCCCCCCCCCC(CCCCC)(CCCCCCCCCCCCCCCC)C(=O)O. The fourth-order valence-corrected chi connectivity index (χ4v) is 7.08. The maximum Gasteiger partial charge on any atom is 0.309 e. The molecule has 1 N–H and O–H groups in total. The molecule has 0 aromatic heterocycles. The van der Waals surface area contributed by atoms with Crippen LogP contribution in [0.5, 0.6) is 0 Å². The van der Waals surface area contributed by atoms with Crippen molar-refractivity contribution in [3.63, 3.8) is 0 Å². The van der Waals surface area contributed by atoms with Crippen LogP contribution >= 0.6 is 0 Å². The van der Waals surface area contributed by atoms with Crippen LogP contribution < -0.4 is 0 Å². The first-order chi connectivity index (χ1) is 21.1. The zero-order valence-electron chi connectivity index (χ0n) is 30.3. The molecule has 0 aromatic carbocycles. The van der Waals surface area contributed by atoms with E-state index in [2.05, 4.69) is 20.8 Å². The van der Waals surface area contributed by atoms with Gasteiger partial charge in [0.15, 0.2) is 0 Å². The molecule has 0 fully saturated rings. The highest BCUT2D eigenvalue weighted by Crippen LogP contribution is 2.38. The first-order valence-corrected chi connectivity index (χ1v) is 20.4. The van der Waals surface area contributed by atoms with Crippen molar-refractivity contribution in [1.29, 1.82) is 0 Å². The molecule has 258 valence electrons. The van der Waals surface area contributed by atoms with Crippen molar-refractivity contribution in [3.05, 3.63) is 0 Å². The molecule has 1 atom stereocenters. The van der Waals surface area contributed by atoms with Gasteiger partial charge in [0, 0.05) is 0 Å². The predicted molar refractivity (Wildman–Crippen MR) is 193 cm³/mol. The molecule has 0 radical (unpaired) electrons. The second-order valence-electron chi connectivity index (χ2n) is 14.4. The van der Waals surface area contributed by atoms with Crippen LogP contribution in [0.25, 0.3) is 0 Å². The van der Waals surface area contributed by atoms with Crippen LogP contribution in [0.4, 0.5) is 0 Å². The number of hydrogen-bond acceptors (Lipinski definition) is 1. The highest BCUT2D eigenvalue weighted by molar-refractivity contribution is 5.74. The summed E-state index contributed by atoms with van der Waals surface area (Å²) < 4.78 is 0. The number of hydrogen-bond donors (Lipinski definition) is 1. The molecule has 43 heavy (non-hydrogen) atoms. The summed E-state index contributed by atoms with van der Waals surface area (Å²) >= 11 is 0. The van der Waals surface area contributed by atoms with E-state index in [1.807, 2.05) is 0 Å². The van der Waals surface area contributed by atoms with Gasteiger partial charge in [-0.3, -0.25) is 4.79 Å². The number of carboxylic acids is 1. The monoisotopic (exact) mass is 607 g/mol. The normalized spacial score (nSPS) is 13.0. The Morgan fingerprint density at radius 2 is 0.488 bits per heavy atom. The van der Waals surface area contributed by atoms with Crippen LogP contribution in [0, 0.1) is 5.41 Å². The largest absolute Gasteiger partial charge is 0.481 e. The molecular weight excluding hydrogens is 524 g/mol. The van der Waals surface area contributed by atoms with E-state index in [0.29, 0.717) is 0 Å². The molecule has 0 aliphatic carbocycles. The summed E-state index contributed by atoms with van der Waals surface area (Å²) in [5, 5.41) is 10.4. The zero-order chi connectivity index (χ0) is 31.5. The van der Waals surface area contributed by atoms with E-state index in [0.717, 1.165) is 38.5 Å². The molecule has 2 heteroatoms. The van der Waals surface area contributed by atoms with E-state index >= 15 is 0 Å². The summed E-state index contributed by atoms with van der Waals surface area (Å²) in [6, 6.07) is 0. The van der Waals surface area contributed by atoms with Gasteiger partial charge in [0.1, 0.15) is 0 Å². The Bertz CT molecular complexity index is 544. The molecule has 0 rings (SSSR count). The Kier molecular flexibility index (Phi) is 33.9. The average Bonchev–Trinajstić information content (AvgIpc) is 3.00. The Balaban J connectivity index is 3.96. The first kappa shape index (κ1) is 42.5. The summed E-state index contributed by atoms with van der Waals surface area (Å²) in [4.78, 5) is 12.6. The quantitative estimate of drug-likeness (QED) is 0.0714. The smallest absolute Gasteiger partial charge is 0.309 e. The minimum atomic E-state index is -0.501. The summed E-state index contributed by atoms with van der Waals surface area (Å²) in [7, 11) is 0. The maximum absolute atomic E-state index is 12.6. The molecule has 0 saturated carbocycles. The van der Waals surface area contributed by atoms with Crippen molar-refractivity contribution >= 4 is 5.97 Å². The van der Waals surface area contributed by atoms with Gasteiger partial charge in [-0.05, 0) is 19.3 Å². The standard InChI is InChI=1S/C41H82O2/c1-4-7-10-12-14-16-18-20-22-23-25-27-29-31-33-36-39-41(40(42)43,37-34-9-6-3)38-35-32-30-28-26-24-21-19-17-15-13-11-8-5-2/h4-39H2,1-3H3,(H,42,43). The summed E-state index contributed by atoms with van der Waals surface area (Å²) in [5.41, 5.74) is -0.456. The van der Waals surface area contributed by atoms with Gasteiger partial charge in [-0.2, -0.15) is 0 Å². The molecule has 0 spiro atoms. The van der Waals surface area contributed by atoms with E-state index in [1.165, 1.54) is 193 Å². The first-order valence-electron chi connectivity index (χ1n) is 20.4. The number of unbranched alkanes of at least 4 members (excludes halogenated alkanes) is 30. The highest BCUT2D eigenvalue weighted by atomic mass is 16.4. The summed E-state index contributed by atoms with van der Waals surface area (Å²) in [6.45, 7) is 6.81. The van der Waals surface area contributed by atoms with Gasteiger partial charge in [0.25, 0.3) is 0 Å². The van der Waals surface area contributed by atoms with Gasteiger partial charge in [-0.15, -0.1) is 0 Å². The zero-order valence-corrected chi connectivity index (χ0v) is 30.3. The number of carbonyl (C=O) groups is 1. The van der Waals surface area contributed by atoms with Crippen LogP contribution in [-0.2, 0) is 4.79 Å². The summed E-state index contributed by atoms with van der Waals surface area (Å²) in [6.07, 6.45) is 47.1. The van der Waals surface area contributed by atoms with E-state index < -0.39 is 11.4 Å². The molecule has 0 saturated heterocycles. The summed E-state index contributed by atoms with van der Waals surface area (Å²) in [5.74, 6) is -0.501.